The Hall–Kier alpha value is -2.30. The summed E-state index contributed by atoms with van der Waals surface area (Å²) < 4.78 is 17.9. The summed E-state index contributed by atoms with van der Waals surface area (Å²) in [6, 6.07) is 0. The van der Waals surface area contributed by atoms with Gasteiger partial charge < -0.3 is 13.9 Å². The molecule has 5 nitrogen and oxygen atoms in total. The van der Waals surface area contributed by atoms with Crippen molar-refractivity contribution < 1.29 is 23.5 Å². The van der Waals surface area contributed by atoms with Crippen LogP contribution in [0.2, 0.25) is 0 Å². The van der Waals surface area contributed by atoms with Crippen molar-refractivity contribution in [2.75, 3.05) is 0 Å². The molecule has 5 heteroatoms. The lowest BCUT2D eigenvalue weighted by molar-refractivity contribution is -0.183. The van der Waals surface area contributed by atoms with Crippen molar-refractivity contribution in [3.05, 3.63) is 46.4 Å². The molecule has 0 N–H and O–H groups in total. The van der Waals surface area contributed by atoms with Gasteiger partial charge in [-0.15, -0.1) is 0 Å². The van der Waals surface area contributed by atoms with Crippen molar-refractivity contribution >= 4 is 11.9 Å². The number of carbonyl (C=O) groups excluding carboxylic acids is 2. The minimum absolute atomic E-state index is 0.0249. The van der Waals surface area contributed by atoms with Crippen molar-refractivity contribution in [1.29, 1.82) is 0 Å². The predicted molar refractivity (Wildman–Crippen MR) is 115 cm³/mol. The Labute approximate surface area is 179 Å². The van der Waals surface area contributed by atoms with Gasteiger partial charge in [0.2, 0.25) is 0 Å². The monoisotopic (exact) mass is 414 g/mol. The predicted octanol–water partition coefficient (Wildman–Crippen LogP) is 5.63. The molecule has 0 saturated heterocycles. The second kappa shape index (κ2) is 8.44. The Morgan fingerprint density at radius 2 is 1.90 bits per heavy atom. The molecule has 3 rings (SSSR count). The van der Waals surface area contributed by atoms with Crippen LogP contribution < -0.4 is 0 Å². The van der Waals surface area contributed by atoms with Crippen LogP contribution in [0, 0.1) is 24.2 Å². The molecule has 0 bridgehead atoms. The molecule has 1 heterocycles. The van der Waals surface area contributed by atoms with E-state index in [2.05, 4.69) is 13.8 Å². The topological polar surface area (TPSA) is 65.7 Å². The molecule has 164 valence electrons. The summed E-state index contributed by atoms with van der Waals surface area (Å²) in [6.07, 6.45) is 6.91. The van der Waals surface area contributed by atoms with Crippen LogP contribution in [-0.4, -0.2) is 18.0 Å². The van der Waals surface area contributed by atoms with E-state index in [1.54, 1.807) is 19.3 Å². The number of aryl methyl sites for hydroxylation is 1. The van der Waals surface area contributed by atoms with Crippen LogP contribution in [0.5, 0.6) is 0 Å². The SMILES string of the molecule is C/C=C(/C)C(=O)O[C@@H]1c2c(C)coc2C[C@H]2CC[C@H](OC(=O)C=C(C)C)[C@H](C)[C@]21C. The summed E-state index contributed by atoms with van der Waals surface area (Å²) in [5.74, 6) is 0.609. The van der Waals surface area contributed by atoms with Gasteiger partial charge in [0.05, 0.1) is 6.26 Å². The maximum Gasteiger partial charge on any atom is 0.334 e. The zero-order chi connectivity index (χ0) is 22.2. The first kappa shape index (κ1) is 22.4. The van der Waals surface area contributed by atoms with Crippen molar-refractivity contribution in [3.63, 3.8) is 0 Å². The highest BCUT2D eigenvalue weighted by molar-refractivity contribution is 5.88. The molecule has 0 unspecified atom stereocenters. The van der Waals surface area contributed by atoms with Gasteiger partial charge in [0.15, 0.2) is 0 Å². The zero-order valence-corrected chi connectivity index (χ0v) is 19.2. The Bertz CT molecular complexity index is 885. The van der Waals surface area contributed by atoms with E-state index in [0.29, 0.717) is 5.57 Å². The summed E-state index contributed by atoms with van der Waals surface area (Å²) in [6.45, 7) is 13.7. The molecule has 2 aliphatic rings. The molecule has 0 aromatic carbocycles. The van der Waals surface area contributed by atoms with E-state index >= 15 is 0 Å². The first-order chi connectivity index (χ1) is 14.1. The lowest BCUT2D eigenvalue weighted by Gasteiger charge is -2.54. The van der Waals surface area contributed by atoms with Crippen LogP contribution in [0.25, 0.3) is 0 Å². The normalized spacial score (nSPS) is 30.7. The van der Waals surface area contributed by atoms with E-state index in [4.69, 9.17) is 13.9 Å². The van der Waals surface area contributed by atoms with Gasteiger partial charge in [0.1, 0.15) is 18.0 Å². The van der Waals surface area contributed by atoms with Gasteiger partial charge in [-0.25, -0.2) is 9.59 Å². The van der Waals surface area contributed by atoms with Crippen molar-refractivity contribution in [2.45, 2.75) is 79.9 Å². The number of carbonyl (C=O) groups is 2. The van der Waals surface area contributed by atoms with Gasteiger partial charge in [-0.2, -0.15) is 0 Å². The largest absolute Gasteiger partial charge is 0.469 e. The van der Waals surface area contributed by atoms with Crippen molar-refractivity contribution in [1.82, 2.24) is 0 Å². The molecule has 1 fully saturated rings. The van der Waals surface area contributed by atoms with Gasteiger partial charge in [0, 0.05) is 35.0 Å². The number of hydrogen-bond donors (Lipinski definition) is 0. The molecule has 30 heavy (non-hydrogen) atoms. The van der Waals surface area contributed by atoms with Crippen LogP contribution in [0.1, 0.15) is 77.4 Å². The van der Waals surface area contributed by atoms with Gasteiger partial charge >= 0.3 is 11.9 Å². The summed E-state index contributed by atoms with van der Waals surface area (Å²) in [5.41, 5.74) is 3.11. The number of furan rings is 1. The second-order valence-electron chi connectivity index (χ2n) is 9.34. The average molecular weight is 415 g/mol. The molecular weight excluding hydrogens is 380 g/mol. The second-order valence-corrected chi connectivity index (χ2v) is 9.34. The third-order valence-electron chi connectivity index (χ3n) is 7.23. The minimum atomic E-state index is -0.438. The van der Waals surface area contributed by atoms with E-state index in [1.807, 2.05) is 27.7 Å². The molecule has 1 saturated carbocycles. The van der Waals surface area contributed by atoms with E-state index in [-0.39, 0.29) is 35.3 Å². The molecule has 2 aliphatic carbocycles. The van der Waals surface area contributed by atoms with Gasteiger partial charge in [-0.05, 0) is 58.9 Å². The quantitative estimate of drug-likeness (QED) is 0.472. The number of fused-ring (bicyclic) bond motifs is 2. The van der Waals surface area contributed by atoms with E-state index < -0.39 is 6.10 Å². The number of rotatable bonds is 4. The highest BCUT2D eigenvalue weighted by Crippen LogP contribution is 2.60. The Morgan fingerprint density at radius 1 is 1.20 bits per heavy atom. The lowest BCUT2D eigenvalue weighted by atomic mass is 9.53. The van der Waals surface area contributed by atoms with Gasteiger partial charge in [-0.3, -0.25) is 0 Å². The van der Waals surface area contributed by atoms with Crippen LogP contribution in [0.15, 0.2) is 34.0 Å². The third-order valence-corrected chi connectivity index (χ3v) is 7.23. The maximum absolute atomic E-state index is 12.8. The van der Waals surface area contributed by atoms with E-state index in [1.165, 1.54) is 6.08 Å². The molecule has 0 spiro atoms. The van der Waals surface area contributed by atoms with Crippen LogP contribution in [0.3, 0.4) is 0 Å². The molecule has 0 aliphatic heterocycles. The number of ether oxygens (including phenoxy) is 2. The summed E-state index contributed by atoms with van der Waals surface area (Å²) in [4.78, 5) is 25.1. The van der Waals surface area contributed by atoms with Crippen LogP contribution in [-0.2, 0) is 25.5 Å². The average Bonchev–Trinajstić information content (AvgIpc) is 3.04. The summed E-state index contributed by atoms with van der Waals surface area (Å²) >= 11 is 0. The molecule has 5 atom stereocenters. The first-order valence-electron chi connectivity index (χ1n) is 10.9. The fraction of sp³-hybridized carbons (Fsp3) is 0.600. The smallest absolute Gasteiger partial charge is 0.334 e. The standard InChI is InChI=1S/C25H34O5/c1-8-15(4)24(27)30-23-22-16(5)13-28-20(22)12-18-9-10-19(17(6)25(18,23)7)29-21(26)11-14(2)3/h8,11,13,17-19,23H,9-10,12H2,1-7H3/b15-8-/t17-,18+,19-,23+,25+/m0/s1. The van der Waals surface area contributed by atoms with E-state index in [0.717, 1.165) is 41.7 Å². The summed E-state index contributed by atoms with van der Waals surface area (Å²) in [5, 5.41) is 0. The third kappa shape index (κ3) is 3.86. The Balaban J connectivity index is 1.99. The highest BCUT2D eigenvalue weighted by atomic mass is 16.6. The van der Waals surface area contributed by atoms with Gasteiger partial charge in [-0.1, -0.05) is 25.5 Å². The van der Waals surface area contributed by atoms with Crippen LogP contribution >= 0.6 is 0 Å². The molecule has 1 aromatic heterocycles. The fourth-order valence-electron chi connectivity index (χ4n) is 5.11. The Kier molecular flexibility index (Phi) is 6.30. The van der Waals surface area contributed by atoms with Crippen molar-refractivity contribution in [2.24, 2.45) is 17.3 Å². The molecule has 1 aromatic rings. The zero-order valence-electron chi connectivity index (χ0n) is 19.2. The van der Waals surface area contributed by atoms with E-state index in [9.17, 15) is 9.59 Å². The maximum atomic E-state index is 12.8. The number of allylic oxidation sites excluding steroid dienone is 2. The lowest BCUT2D eigenvalue weighted by Crippen LogP contribution is -2.53. The first-order valence-corrected chi connectivity index (χ1v) is 10.9. The van der Waals surface area contributed by atoms with Crippen LogP contribution in [0.4, 0.5) is 0 Å². The highest BCUT2D eigenvalue weighted by Gasteiger charge is 2.57. The fourth-order valence-corrected chi connectivity index (χ4v) is 5.11. The summed E-state index contributed by atoms with van der Waals surface area (Å²) in [7, 11) is 0. The Morgan fingerprint density at radius 3 is 2.53 bits per heavy atom. The number of esters is 2. The molecule has 0 amide bonds. The molecule has 0 radical (unpaired) electrons. The minimum Gasteiger partial charge on any atom is -0.469 e. The molecular formula is C25H34O5. The number of hydrogen-bond acceptors (Lipinski definition) is 5. The van der Waals surface area contributed by atoms with Gasteiger partial charge in [0.25, 0.3) is 0 Å². The van der Waals surface area contributed by atoms with Crippen molar-refractivity contribution in [3.8, 4) is 0 Å².